The standard InChI is InChI=1S/C20H19ClN4O2S/c21-15-4-1-3-14(11-15)19-24-18-6-2-5-17(18)20(25-19)23-16-9-7-13(8-10-16)12-28(22,26)27/h1,3-4,7-11H,2,5-6,12H2,(H2,22,26,27)(H,23,24,25). The number of nitrogens with one attached hydrogen (secondary N) is 1. The number of rotatable bonds is 5. The van der Waals surface area contributed by atoms with Gasteiger partial charge in [-0.1, -0.05) is 35.9 Å². The Labute approximate surface area is 168 Å². The summed E-state index contributed by atoms with van der Waals surface area (Å²) in [7, 11) is -3.55. The molecule has 0 spiro atoms. The molecule has 2 aromatic carbocycles. The molecule has 0 fully saturated rings. The maximum absolute atomic E-state index is 11.2. The molecule has 0 saturated heterocycles. The first-order valence-corrected chi connectivity index (χ1v) is 11.0. The summed E-state index contributed by atoms with van der Waals surface area (Å²) in [5.41, 5.74) is 4.51. The Balaban J connectivity index is 1.66. The van der Waals surface area contributed by atoms with Gasteiger partial charge in [0.2, 0.25) is 10.0 Å². The lowest BCUT2D eigenvalue weighted by Crippen LogP contribution is -2.14. The fourth-order valence-corrected chi connectivity index (χ4v) is 4.19. The minimum Gasteiger partial charge on any atom is -0.340 e. The minimum absolute atomic E-state index is 0.185. The zero-order valence-electron chi connectivity index (χ0n) is 15.0. The van der Waals surface area contributed by atoms with Gasteiger partial charge in [0, 0.05) is 27.5 Å². The number of aromatic nitrogens is 2. The highest BCUT2D eigenvalue weighted by Crippen LogP contribution is 2.31. The summed E-state index contributed by atoms with van der Waals surface area (Å²) in [6.45, 7) is 0. The van der Waals surface area contributed by atoms with E-state index in [1.807, 2.05) is 36.4 Å². The average Bonchev–Trinajstić information content (AvgIpc) is 3.11. The van der Waals surface area contributed by atoms with Crippen LogP contribution in [-0.2, 0) is 28.6 Å². The third-order valence-electron chi connectivity index (χ3n) is 4.60. The van der Waals surface area contributed by atoms with Crippen molar-refractivity contribution in [3.8, 4) is 11.4 Å². The summed E-state index contributed by atoms with van der Waals surface area (Å²) in [5.74, 6) is 1.22. The van der Waals surface area contributed by atoms with Crippen molar-refractivity contribution < 1.29 is 8.42 Å². The van der Waals surface area contributed by atoms with Crippen LogP contribution in [0.5, 0.6) is 0 Å². The molecule has 0 radical (unpaired) electrons. The van der Waals surface area contributed by atoms with Gasteiger partial charge in [-0.3, -0.25) is 0 Å². The molecule has 0 amide bonds. The van der Waals surface area contributed by atoms with Gasteiger partial charge in [-0.25, -0.2) is 23.5 Å². The van der Waals surface area contributed by atoms with Crippen molar-refractivity contribution >= 4 is 33.1 Å². The molecule has 0 atom stereocenters. The smallest absolute Gasteiger partial charge is 0.213 e. The number of hydrogen-bond acceptors (Lipinski definition) is 5. The second-order valence-electron chi connectivity index (χ2n) is 6.81. The molecular formula is C20H19ClN4O2S. The maximum atomic E-state index is 11.2. The fourth-order valence-electron chi connectivity index (χ4n) is 3.35. The van der Waals surface area contributed by atoms with Crippen LogP contribution >= 0.6 is 11.6 Å². The Bertz CT molecular complexity index is 1130. The number of anilines is 2. The first-order chi connectivity index (χ1) is 13.4. The molecule has 4 rings (SSSR count). The zero-order chi connectivity index (χ0) is 19.7. The molecule has 0 saturated carbocycles. The van der Waals surface area contributed by atoms with Crippen LogP contribution in [0.2, 0.25) is 5.02 Å². The Hall–Kier alpha value is -2.48. The van der Waals surface area contributed by atoms with Gasteiger partial charge in [-0.15, -0.1) is 0 Å². The predicted octanol–water partition coefficient (Wildman–Crippen LogP) is 3.82. The normalized spacial score (nSPS) is 13.4. The van der Waals surface area contributed by atoms with E-state index in [-0.39, 0.29) is 5.75 Å². The fraction of sp³-hybridized carbons (Fsp3) is 0.200. The second kappa shape index (κ2) is 7.50. The van der Waals surface area contributed by atoms with E-state index in [1.165, 1.54) is 0 Å². The number of fused-ring (bicyclic) bond motifs is 1. The summed E-state index contributed by atoms with van der Waals surface area (Å²) in [4.78, 5) is 9.47. The number of nitrogens with two attached hydrogens (primary N) is 1. The largest absolute Gasteiger partial charge is 0.340 e. The molecule has 0 unspecified atom stereocenters. The van der Waals surface area contributed by atoms with E-state index >= 15 is 0 Å². The van der Waals surface area contributed by atoms with Gasteiger partial charge in [0.05, 0.1) is 5.75 Å². The SMILES string of the molecule is NS(=O)(=O)Cc1ccc(Nc2nc(-c3cccc(Cl)c3)nc3c2CCC3)cc1. The van der Waals surface area contributed by atoms with Gasteiger partial charge in [-0.2, -0.15) is 0 Å². The molecule has 1 aliphatic rings. The highest BCUT2D eigenvalue weighted by Gasteiger charge is 2.20. The summed E-state index contributed by atoms with van der Waals surface area (Å²) in [5, 5.41) is 9.10. The van der Waals surface area contributed by atoms with Gasteiger partial charge in [0.25, 0.3) is 0 Å². The number of primary sulfonamides is 1. The summed E-state index contributed by atoms with van der Waals surface area (Å²) >= 11 is 6.12. The number of hydrogen-bond donors (Lipinski definition) is 2. The van der Waals surface area contributed by atoms with Crippen LogP contribution in [0.25, 0.3) is 11.4 Å². The number of benzene rings is 2. The Kier molecular flexibility index (Phi) is 5.05. The molecule has 3 aromatic rings. The first kappa shape index (κ1) is 18.9. The minimum atomic E-state index is -3.55. The van der Waals surface area contributed by atoms with Crippen LogP contribution in [0.3, 0.4) is 0 Å². The topological polar surface area (TPSA) is 98.0 Å². The van der Waals surface area contributed by atoms with Crippen molar-refractivity contribution in [3.63, 3.8) is 0 Å². The number of aryl methyl sites for hydroxylation is 1. The third-order valence-corrected chi connectivity index (χ3v) is 5.57. The van der Waals surface area contributed by atoms with Crippen molar-refractivity contribution in [2.24, 2.45) is 5.14 Å². The molecule has 144 valence electrons. The Morgan fingerprint density at radius 3 is 2.57 bits per heavy atom. The van der Waals surface area contributed by atoms with E-state index in [4.69, 9.17) is 26.7 Å². The lowest BCUT2D eigenvalue weighted by atomic mass is 10.1. The third kappa shape index (κ3) is 4.32. The lowest BCUT2D eigenvalue weighted by molar-refractivity contribution is 0.597. The summed E-state index contributed by atoms with van der Waals surface area (Å²) < 4.78 is 22.5. The second-order valence-corrected chi connectivity index (χ2v) is 8.86. The van der Waals surface area contributed by atoms with Crippen LogP contribution in [0, 0.1) is 0 Å². The molecule has 0 bridgehead atoms. The van der Waals surface area contributed by atoms with Crippen LogP contribution in [0.1, 0.15) is 23.2 Å². The van der Waals surface area contributed by atoms with E-state index in [9.17, 15) is 8.42 Å². The van der Waals surface area contributed by atoms with Crippen molar-refractivity contribution in [2.45, 2.75) is 25.0 Å². The van der Waals surface area contributed by atoms with E-state index in [0.29, 0.717) is 16.4 Å². The van der Waals surface area contributed by atoms with E-state index < -0.39 is 10.0 Å². The van der Waals surface area contributed by atoms with Gasteiger partial charge < -0.3 is 5.32 Å². The van der Waals surface area contributed by atoms with Crippen LogP contribution in [0.15, 0.2) is 48.5 Å². The van der Waals surface area contributed by atoms with Crippen molar-refractivity contribution in [2.75, 3.05) is 5.32 Å². The van der Waals surface area contributed by atoms with E-state index in [2.05, 4.69) is 5.32 Å². The highest BCUT2D eigenvalue weighted by molar-refractivity contribution is 7.88. The monoisotopic (exact) mass is 414 g/mol. The molecule has 28 heavy (non-hydrogen) atoms. The number of nitrogens with zero attached hydrogens (tertiary/aromatic N) is 2. The van der Waals surface area contributed by atoms with Crippen molar-refractivity contribution in [1.29, 1.82) is 0 Å². The van der Waals surface area contributed by atoms with Crippen molar-refractivity contribution in [3.05, 3.63) is 70.4 Å². The Morgan fingerprint density at radius 1 is 1.07 bits per heavy atom. The van der Waals surface area contributed by atoms with E-state index in [1.54, 1.807) is 12.1 Å². The molecule has 3 N–H and O–H groups in total. The predicted molar refractivity (Wildman–Crippen MR) is 111 cm³/mol. The van der Waals surface area contributed by atoms with Crippen LogP contribution in [-0.4, -0.2) is 18.4 Å². The van der Waals surface area contributed by atoms with Crippen LogP contribution in [0.4, 0.5) is 11.5 Å². The molecule has 6 nitrogen and oxygen atoms in total. The molecule has 0 aliphatic heterocycles. The van der Waals surface area contributed by atoms with Crippen molar-refractivity contribution in [1.82, 2.24) is 9.97 Å². The van der Waals surface area contributed by atoms with Gasteiger partial charge >= 0.3 is 0 Å². The van der Waals surface area contributed by atoms with Crippen LogP contribution < -0.4 is 10.5 Å². The van der Waals surface area contributed by atoms with E-state index in [0.717, 1.165) is 47.6 Å². The lowest BCUT2D eigenvalue weighted by Gasteiger charge is -2.13. The Morgan fingerprint density at radius 2 is 1.86 bits per heavy atom. The van der Waals surface area contributed by atoms with Gasteiger partial charge in [-0.05, 0) is 49.1 Å². The average molecular weight is 415 g/mol. The number of halogens is 1. The zero-order valence-corrected chi connectivity index (χ0v) is 16.6. The molecule has 1 aliphatic carbocycles. The maximum Gasteiger partial charge on any atom is 0.213 e. The molecular weight excluding hydrogens is 396 g/mol. The van der Waals surface area contributed by atoms with Gasteiger partial charge in [0.15, 0.2) is 5.82 Å². The molecule has 1 heterocycles. The highest BCUT2D eigenvalue weighted by atomic mass is 35.5. The quantitative estimate of drug-likeness (QED) is 0.661. The molecule has 8 heteroatoms. The van der Waals surface area contributed by atoms with Gasteiger partial charge in [0.1, 0.15) is 5.82 Å². The molecule has 1 aromatic heterocycles. The summed E-state index contributed by atoms with van der Waals surface area (Å²) in [6.07, 6.45) is 2.90. The first-order valence-electron chi connectivity index (χ1n) is 8.89. The summed E-state index contributed by atoms with van der Waals surface area (Å²) in [6, 6.07) is 14.6. The number of sulfonamides is 1.